The maximum atomic E-state index is 9.63. The lowest BCUT2D eigenvalue weighted by Gasteiger charge is -2.03. The summed E-state index contributed by atoms with van der Waals surface area (Å²) in [5.41, 5.74) is 6.75. The van der Waals surface area contributed by atoms with Crippen LogP contribution in [0.25, 0.3) is 11.2 Å². The molecular weight excluding hydrogens is 384 g/mol. The van der Waals surface area contributed by atoms with Gasteiger partial charge in [0.25, 0.3) is 0 Å². The van der Waals surface area contributed by atoms with Crippen molar-refractivity contribution in [1.82, 2.24) is 19.9 Å². The molecule has 20 heavy (non-hydrogen) atoms. The van der Waals surface area contributed by atoms with E-state index in [2.05, 4.69) is 40.2 Å². The predicted molar refractivity (Wildman–Crippen MR) is 69.0 cm³/mol. The minimum Gasteiger partial charge on any atom is -0.382 e. The van der Waals surface area contributed by atoms with E-state index in [1.165, 1.54) is 6.33 Å². The topological polar surface area (TPSA) is 205 Å². The molecule has 2 aromatic rings. The molecule has 0 aromatic carbocycles. The van der Waals surface area contributed by atoms with Crippen LogP contribution in [-0.4, -0.2) is 39.5 Å². The molecule has 0 bridgehead atoms. The van der Waals surface area contributed by atoms with Crippen molar-refractivity contribution in [2.75, 3.05) is 5.73 Å². The fraction of sp³-hybridized carbons (Fsp3) is 0. The average Bonchev–Trinajstić information content (AvgIpc) is 2.55. The first-order valence-corrected chi connectivity index (χ1v) is 8.27. The zero-order chi connectivity index (χ0) is 15.6. The molecule has 0 aliphatic rings. The van der Waals surface area contributed by atoms with E-state index < -0.39 is 15.6 Å². The van der Waals surface area contributed by atoms with Crippen LogP contribution in [0.1, 0.15) is 0 Å². The van der Waals surface area contributed by atoms with Gasteiger partial charge in [0.2, 0.25) is 0 Å². The Kier molecular flexibility index (Phi) is 5.35. The average molecular weight is 392 g/mol. The number of phosphoric acid groups is 2. The Morgan fingerprint density at radius 1 is 1.20 bits per heavy atom. The van der Waals surface area contributed by atoms with Crippen LogP contribution in [0.2, 0.25) is 0 Å². The van der Waals surface area contributed by atoms with Gasteiger partial charge in [0.15, 0.2) is 21.7 Å². The number of H-pyrrole nitrogens is 1. The van der Waals surface area contributed by atoms with Gasteiger partial charge in [-0.25, -0.2) is 24.1 Å². The lowest BCUT2D eigenvalue weighted by molar-refractivity contribution is 0.225. The minimum atomic E-state index is -5.05. The number of rotatable bonds is 2. The van der Waals surface area contributed by atoms with Crippen molar-refractivity contribution in [2.24, 2.45) is 0 Å². The first-order valence-electron chi connectivity index (χ1n) is 4.42. The molecule has 0 aliphatic heterocycles. The largest absolute Gasteiger partial charge is 0.478 e. The van der Waals surface area contributed by atoms with Gasteiger partial charge in [0, 0.05) is 0 Å². The number of aromatic nitrogens is 4. The van der Waals surface area contributed by atoms with E-state index in [9.17, 15) is 9.13 Å². The number of anilines is 1. The van der Waals surface area contributed by atoms with Crippen LogP contribution >= 0.6 is 31.6 Å². The molecule has 0 saturated heterocycles. The molecule has 0 radical (unpaired) electrons. The normalized spacial score (nSPS) is 12.1. The number of hydrogen-bond acceptors (Lipinski definition) is 7. The second-order valence-corrected chi connectivity index (χ2v) is 6.41. The van der Waals surface area contributed by atoms with E-state index in [0.717, 1.165) is 0 Å². The number of fused-ring (bicyclic) bond motifs is 1. The molecule has 7 N–H and O–H groups in total. The van der Waals surface area contributed by atoms with Crippen LogP contribution in [0.3, 0.4) is 0 Å². The van der Waals surface area contributed by atoms with Crippen LogP contribution in [-0.2, 0) is 13.4 Å². The zero-order valence-electron chi connectivity index (χ0n) is 9.28. The highest BCUT2D eigenvalue weighted by atomic mass is 79.9. The third kappa shape index (κ3) is 6.03. The summed E-state index contributed by atoms with van der Waals surface area (Å²) in [6.07, 6.45) is 1.39. The van der Waals surface area contributed by atoms with Crippen LogP contribution in [0.5, 0.6) is 0 Å². The van der Waals surface area contributed by atoms with Crippen LogP contribution in [0.4, 0.5) is 5.82 Å². The second kappa shape index (κ2) is 6.24. The molecule has 2 aromatic heterocycles. The number of nitrogen functional groups attached to an aromatic ring is 1. The molecule has 15 heteroatoms. The van der Waals surface area contributed by atoms with Gasteiger partial charge < -0.3 is 30.3 Å². The number of aromatic amines is 1. The highest BCUT2D eigenvalue weighted by Crippen LogP contribution is 2.53. The van der Waals surface area contributed by atoms with Crippen LogP contribution in [0, 0.1) is 0 Å². The highest BCUT2D eigenvalue weighted by Gasteiger charge is 2.27. The quantitative estimate of drug-likeness (QED) is 0.294. The number of halogens is 1. The van der Waals surface area contributed by atoms with E-state index in [0.29, 0.717) is 21.7 Å². The standard InChI is InChI=1S/C5H4BrN5.H4O7P2/c6-5-10-2-3(7)8-1-9-4(2)11-5;1-8(2,3)7-9(4,5)6/h1H,(H3,7,8,9,10,11);(H2,1,2,3)(H2,4,5,6). The highest BCUT2D eigenvalue weighted by molar-refractivity contribution is 9.10. The molecular formula is C5H8BrN5O7P2. The van der Waals surface area contributed by atoms with Gasteiger partial charge in [0.05, 0.1) is 0 Å². The minimum absolute atomic E-state index is 0.386. The molecule has 12 nitrogen and oxygen atoms in total. The third-order valence-corrected chi connectivity index (χ3v) is 3.57. The number of nitrogens with two attached hydrogens (primary N) is 1. The van der Waals surface area contributed by atoms with Crippen molar-refractivity contribution in [3.63, 3.8) is 0 Å². The van der Waals surface area contributed by atoms with E-state index >= 15 is 0 Å². The van der Waals surface area contributed by atoms with Gasteiger partial charge in [-0.1, -0.05) is 0 Å². The van der Waals surface area contributed by atoms with Crippen molar-refractivity contribution in [3.8, 4) is 0 Å². The number of hydrogen-bond donors (Lipinski definition) is 6. The van der Waals surface area contributed by atoms with Crippen LogP contribution < -0.4 is 5.73 Å². The van der Waals surface area contributed by atoms with Gasteiger partial charge in [-0.3, -0.25) is 0 Å². The molecule has 0 fully saturated rings. The molecule has 0 aliphatic carbocycles. The number of imidazole rings is 1. The Labute approximate surface area is 119 Å². The Morgan fingerprint density at radius 3 is 2.15 bits per heavy atom. The maximum absolute atomic E-state index is 9.63. The molecule has 2 heterocycles. The Hall–Kier alpha value is -0.910. The van der Waals surface area contributed by atoms with E-state index in [1.54, 1.807) is 0 Å². The summed E-state index contributed by atoms with van der Waals surface area (Å²) in [5.74, 6) is 0.386. The summed E-state index contributed by atoms with van der Waals surface area (Å²) < 4.78 is 22.8. The fourth-order valence-electron chi connectivity index (χ4n) is 0.956. The van der Waals surface area contributed by atoms with E-state index in [-0.39, 0.29) is 0 Å². The first-order chi connectivity index (χ1) is 8.98. The van der Waals surface area contributed by atoms with Gasteiger partial charge >= 0.3 is 15.6 Å². The summed E-state index contributed by atoms with van der Waals surface area (Å²) in [6.45, 7) is 0. The molecule has 0 saturated carbocycles. The molecule has 0 atom stereocenters. The molecule has 112 valence electrons. The summed E-state index contributed by atoms with van der Waals surface area (Å²) in [4.78, 5) is 45.6. The molecule has 0 unspecified atom stereocenters. The van der Waals surface area contributed by atoms with Crippen molar-refractivity contribution in [2.45, 2.75) is 0 Å². The van der Waals surface area contributed by atoms with Crippen molar-refractivity contribution >= 4 is 48.6 Å². The molecule has 0 spiro atoms. The van der Waals surface area contributed by atoms with Crippen molar-refractivity contribution in [3.05, 3.63) is 11.1 Å². The zero-order valence-corrected chi connectivity index (χ0v) is 12.7. The lowest BCUT2D eigenvalue weighted by atomic mass is 10.5. The maximum Gasteiger partial charge on any atom is 0.478 e. The Bertz CT molecular complexity index is 674. The summed E-state index contributed by atoms with van der Waals surface area (Å²) in [7, 11) is -10.1. The van der Waals surface area contributed by atoms with Gasteiger partial charge in [-0.05, 0) is 15.9 Å². The predicted octanol–water partition coefficient (Wildman–Crippen LogP) is -0.114. The monoisotopic (exact) mass is 391 g/mol. The molecule has 0 amide bonds. The Balaban J connectivity index is 0.000000206. The van der Waals surface area contributed by atoms with Crippen molar-refractivity contribution < 1.29 is 33.0 Å². The van der Waals surface area contributed by atoms with Crippen LogP contribution in [0.15, 0.2) is 11.1 Å². The third-order valence-electron chi connectivity index (χ3n) is 1.49. The lowest BCUT2D eigenvalue weighted by Crippen LogP contribution is -1.91. The second-order valence-electron chi connectivity index (χ2n) is 3.05. The first kappa shape index (κ1) is 17.1. The number of nitrogens with one attached hydrogen (secondary N) is 1. The smallest absolute Gasteiger partial charge is 0.382 e. The van der Waals surface area contributed by atoms with Gasteiger partial charge in [0.1, 0.15) is 6.33 Å². The Morgan fingerprint density at radius 2 is 1.75 bits per heavy atom. The van der Waals surface area contributed by atoms with E-state index in [4.69, 9.17) is 25.3 Å². The summed E-state index contributed by atoms with van der Waals surface area (Å²) >= 11 is 3.17. The van der Waals surface area contributed by atoms with Gasteiger partial charge in [-0.2, -0.15) is 4.31 Å². The fourth-order valence-corrected chi connectivity index (χ4v) is 2.43. The number of nitrogens with zero attached hydrogens (tertiary/aromatic N) is 3. The molecule has 2 rings (SSSR count). The van der Waals surface area contributed by atoms with Crippen molar-refractivity contribution in [1.29, 1.82) is 0 Å². The summed E-state index contributed by atoms with van der Waals surface area (Å²) in [5, 5.41) is 0. The van der Waals surface area contributed by atoms with E-state index in [1.807, 2.05) is 0 Å². The SMILES string of the molecule is Nc1ncnc2[nH]c(Br)nc12.O=P(O)(O)OP(=O)(O)O. The summed E-state index contributed by atoms with van der Waals surface area (Å²) in [6, 6.07) is 0. The van der Waals surface area contributed by atoms with Gasteiger partial charge in [-0.15, -0.1) is 0 Å².